The standard InChI is InChI=1S/C21H25N5O4S2/c1-10-18(31-21(22-10)23-12(3)27)16-8-14-9-26(11(2)13-4-5-13)20(28)17(14)19(24-16)25-32(29,30)15-6-7-15/h8,11,13,15H,4-7,9H2,1-3H3,(H,24,25)(H,22,23,27). The molecule has 2 aromatic rings. The molecule has 32 heavy (non-hydrogen) atoms. The highest BCUT2D eigenvalue weighted by molar-refractivity contribution is 7.93. The van der Waals surface area contributed by atoms with Crippen molar-refractivity contribution < 1.29 is 18.0 Å². The van der Waals surface area contributed by atoms with Crippen molar-refractivity contribution in [2.24, 2.45) is 5.92 Å². The van der Waals surface area contributed by atoms with Crippen molar-refractivity contribution in [1.29, 1.82) is 0 Å². The van der Waals surface area contributed by atoms with Gasteiger partial charge in [-0.1, -0.05) is 11.3 Å². The molecule has 2 saturated carbocycles. The highest BCUT2D eigenvalue weighted by Gasteiger charge is 2.42. The molecule has 0 bridgehead atoms. The Morgan fingerprint density at radius 1 is 1.25 bits per heavy atom. The molecule has 1 atom stereocenters. The lowest BCUT2D eigenvalue weighted by molar-refractivity contribution is -0.114. The fourth-order valence-corrected chi connectivity index (χ4v) is 6.46. The number of carbonyl (C=O) groups excluding carboxylic acids is 2. The molecule has 2 aliphatic carbocycles. The first-order chi connectivity index (χ1) is 15.1. The number of fused-ring (bicyclic) bond motifs is 1. The van der Waals surface area contributed by atoms with E-state index < -0.39 is 15.3 Å². The molecule has 2 fully saturated rings. The molecule has 2 aromatic heterocycles. The number of pyridine rings is 1. The summed E-state index contributed by atoms with van der Waals surface area (Å²) in [7, 11) is -3.60. The lowest BCUT2D eigenvalue weighted by atomic mass is 10.1. The maximum Gasteiger partial charge on any atom is 0.258 e. The third-order valence-corrected chi connectivity index (χ3v) is 9.15. The number of rotatable bonds is 7. The average molecular weight is 476 g/mol. The molecule has 0 aromatic carbocycles. The third kappa shape index (κ3) is 3.88. The molecule has 11 heteroatoms. The largest absolute Gasteiger partial charge is 0.331 e. The quantitative estimate of drug-likeness (QED) is 0.635. The van der Waals surface area contributed by atoms with Crippen LogP contribution in [-0.2, 0) is 21.4 Å². The van der Waals surface area contributed by atoms with Gasteiger partial charge in [0.1, 0.15) is 0 Å². The molecule has 1 unspecified atom stereocenters. The number of sulfonamides is 1. The molecule has 170 valence electrons. The topological polar surface area (TPSA) is 121 Å². The van der Waals surface area contributed by atoms with E-state index in [0.717, 1.165) is 23.3 Å². The van der Waals surface area contributed by atoms with Crippen molar-refractivity contribution in [2.75, 3.05) is 10.0 Å². The maximum atomic E-state index is 13.3. The van der Waals surface area contributed by atoms with Crippen molar-refractivity contribution in [3.05, 3.63) is 22.9 Å². The second kappa shape index (κ2) is 7.51. The normalized spacial score (nSPS) is 19.1. The third-order valence-electron chi connectivity index (χ3n) is 6.23. The van der Waals surface area contributed by atoms with Crippen LogP contribution in [0, 0.1) is 12.8 Å². The number of carbonyl (C=O) groups is 2. The number of anilines is 2. The van der Waals surface area contributed by atoms with E-state index in [1.807, 2.05) is 17.9 Å². The lowest BCUT2D eigenvalue weighted by Crippen LogP contribution is -2.35. The van der Waals surface area contributed by atoms with E-state index in [0.29, 0.717) is 47.4 Å². The van der Waals surface area contributed by atoms with Crippen LogP contribution in [-0.4, -0.2) is 46.4 Å². The molecule has 0 radical (unpaired) electrons. The van der Waals surface area contributed by atoms with Gasteiger partial charge in [-0.2, -0.15) is 0 Å². The van der Waals surface area contributed by atoms with Crippen molar-refractivity contribution >= 4 is 44.1 Å². The Morgan fingerprint density at radius 2 is 1.97 bits per heavy atom. The number of aromatic nitrogens is 2. The molecule has 1 aliphatic heterocycles. The van der Waals surface area contributed by atoms with Gasteiger partial charge in [0.05, 0.1) is 27.1 Å². The van der Waals surface area contributed by atoms with E-state index in [1.54, 1.807) is 0 Å². The minimum atomic E-state index is -3.60. The zero-order valence-corrected chi connectivity index (χ0v) is 19.8. The van der Waals surface area contributed by atoms with E-state index in [2.05, 4.69) is 26.9 Å². The average Bonchev–Trinajstić information content (AvgIpc) is 3.61. The fraction of sp³-hybridized carbons (Fsp3) is 0.524. The highest BCUT2D eigenvalue weighted by atomic mass is 32.2. The Labute approximate surface area is 190 Å². The number of nitrogens with one attached hydrogen (secondary N) is 2. The summed E-state index contributed by atoms with van der Waals surface area (Å²) in [6.45, 7) is 5.70. The second-order valence-corrected chi connectivity index (χ2v) is 11.8. The van der Waals surface area contributed by atoms with E-state index in [4.69, 9.17) is 0 Å². The Bertz CT molecular complexity index is 1230. The van der Waals surface area contributed by atoms with Gasteiger partial charge in [0.25, 0.3) is 5.91 Å². The molecule has 0 spiro atoms. The predicted octanol–water partition coefficient (Wildman–Crippen LogP) is 3.13. The van der Waals surface area contributed by atoms with Crippen LogP contribution >= 0.6 is 11.3 Å². The van der Waals surface area contributed by atoms with Crippen LogP contribution in [0.3, 0.4) is 0 Å². The second-order valence-electron chi connectivity index (χ2n) is 8.86. The van der Waals surface area contributed by atoms with E-state index in [1.165, 1.54) is 18.3 Å². The van der Waals surface area contributed by atoms with Gasteiger partial charge in [-0.15, -0.1) is 0 Å². The Morgan fingerprint density at radius 3 is 2.59 bits per heavy atom. The zero-order chi connectivity index (χ0) is 22.8. The highest BCUT2D eigenvalue weighted by Crippen LogP contribution is 2.42. The van der Waals surface area contributed by atoms with Crippen LogP contribution in [0.15, 0.2) is 6.07 Å². The summed E-state index contributed by atoms with van der Waals surface area (Å²) in [6.07, 6.45) is 3.45. The minimum Gasteiger partial charge on any atom is -0.331 e. The summed E-state index contributed by atoms with van der Waals surface area (Å²) < 4.78 is 28.0. The van der Waals surface area contributed by atoms with Crippen LogP contribution < -0.4 is 10.0 Å². The van der Waals surface area contributed by atoms with Gasteiger partial charge in [-0.25, -0.2) is 18.4 Å². The summed E-state index contributed by atoms with van der Waals surface area (Å²) in [5.41, 5.74) is 2.32. The molecule has 9 nitrogen and oxygen atoms in total. The van der Waals surface area contributed by atoms with Gasteiger partial charge < -0.3 is 10.2 Å². The predicted molar refractivity (Wildman–Crippen MR) is 122 cm³/mol. The number of hydrogen-bond acceptors (Lipinski definition) is 7. The summed E-state index contributed by atoms with van der Waals surface area (Å²) >= 11 is 1.27. The van der Waals surface area contributed by atoms with Gasteiger partial charge in [-0.3, -0.25) is 14.3 Å². The van der Waals surface area contributed by atoms with E-state index in [-0.39, 0.29) is 23.7 Å². The van der Waals surface area contributed by atoms with Crippen LogP contribution in [0.25, 0.3) is 10.6 Å². The van der Waals surface area contributed by atoms with Crippen molar-refractivity contribution in [3.63, 3.8) is 0 Å². The molecular weight excluding hydrogens is 450 g/mol. The summed E-state index contributed by atoms with van der Waals surface area (Å²) in [5.74, 6) is 0.192. The van der Waals surface area contributed by atoms with Crippen LogP contribution in [0.4, 0.5) is 10.9 Å². The first-order valence-electron chi connectivity index (χ1n) is 10.8. The molecule has 3 heterocycles. The van der Waals surface area contributed by atoms with Gasteiger partial charge >= 0.3 is 0 Å². The summed E-state index contributed by atoms with van der Waals surface area (Å²) in [6, 6.07) is 1.95. The van der Waals surface area contributed by atoms with Crippen molar-refractivity contribution in [3.8, 4) is 10.6 Å². The monoisotopic (exact) mass is 475 g/mol. The van der Waals surface area contributed by atoms with E-state index >= 15 is 0 Å². The number of hydrogen-bond donors (Lipinski definition) is 2. The Hall–Kier alpha value is -2.53. The van der Waals surface area contributed by atoms with Crippen molar-refractivity contribution in [1.82, 2.24) is 14.9 Å². The van der Waals surface area contributed by atoms with Gasteiger partial charge in [0.2, 0.25) is 15.9 Å². The zero-order valence-electron chi connectivity index (χ0n) is 18.1. The van der Waals surface area contributed by atoms with E-state index in [9.17, 15) is 18.0 Å². The number of aryl methyl sites for hydroxylation is 1. The van der Waals surface area contributed by atoms with Gasteiger partial charge in [-0.05, 0) is 57.1 Å². The minimum absolute atomic E-state index is 0.0915. The SMILES string of the molecule is CC(=O)Nc1nc(C)c(-c2cc3c(c(NS(=O)(=O)C4CC4)n2)C(=O)N(C(C)C2CC2)C3)s1. The summed E-state index contributed by atoms with van der Waals surface area (Å²) in [5, 5.41) is 2.70. The maximum absolute atomic E-state index is 13.3. The first kappa shape index (κ1) is 21.3. The lowest BCUT2D eigenvalue weighted by Gasteiger charge is -2.24. The molecule has 5 rings (SSSR count). The Kier molecular flexibility index (Phi) is 5.01. The molecule has 2 amide bonds. The van der Waals surface area contributed by atoms with Gasteiger partial charge in [0.15, 0.2) is 10.9 Å². The fourth-order valence-electron chi connectivity index (χ4n) is 4.15. The molecule has 3 aliphatic rings. The van der Waals surface area contributed by atoms with Crippen LogP contribution in [0.5, 0.6) is 0 Å². The Balaban J connectivity index is 1.58. The number of amides is 2. The smallest absolute Gasteiger partial charge is 0.258 e. The number of thiazole rings is 1. The number of nitrogens with zero attached hydrogens (tertiary/aromatic N) is 3. The van der Waals surface area contributed by atoms with Gasteiger partial charge in [0, 0.05) is 19.5 Å². The van der Waals surface area contributed by atoms with Crippen LogP contribution in [0.1, 0.15) is 61.1 Å². The molecule has 0 saturated heterocycles. The summed E-state index contributed by atoms with van der Waals surface area (Å²) in [4.78, 5) is 36.2. The first-order valence-corrected chi connectivity index (χ1v) is 13.1. The van der Waals surface area contributed by atoms with Crippen LogP contribution in [0.2, 0.25) is 0 Å². The molecular formula is C21H25N5O4S2. The molecule has 2 N–H and O–H groups in total. The van der Waals surface area contributed by atoms with Crippen molar-refractivity contribution in [2.45, 2.75) is 64.3 Å².